The van der Waals surface area contributed by atoms with E-state index in [4.69, 9.17) is 0 Å². The number of nitrogens with zero attached hydrogens (tertiary/aromatic N) is 3. The van der Waals surface area contributed by atoms with Crippen molar-refractivity contribution in [3.05, 3.63) is 17.3 Å². The Hall–Kier alpha value is -1.20. The van der Waals surface area contributed by atoms with E-state index in [9.17, 15) is 5.11 Å². The Morgan fingerprint density at radius 2 is 2.19 bits per heavy atom. The highest BCUT2D eigenvalue weighted by atomic mass is 32.1. The molecule has 84 valence electrons. The molecular formula is C11H13N3OS. The molecule has 1 saturated heterocycles. The van der Waals surface area contributed by atoms with Crippen LogP contribution in [0.15, 0.2) is 11.7 Å². The second-order valence-electron chi connectivity index (χ2n) is 4.65. The predicted octanol–water partition coefficient (Wildman–Crippen LogP) is 1.57. The van der Waals surface area contributed by atoms with Crippen LogP contribution < -0.4 is 4.90 Å². The van der Waals surface area contributed by atoms with E-state index in [1.54, 1.807) is 17.7 Å². The zero-order valence-electron chi connectivity index (χ0n) is 9.27. The summed E-state index contributed by atoms with van der Waals surface area (Å²) in [6.07, 6.45) is 1.60. The van der Waals surface area contributed by atoms with Crippen molar-refractivity contribution in [1.82, 2.24) is 9.97 Å². The molecule has 3 rings (SSSR count). The van der Waals surface area contributed by atoms with Crippen LogP contribution in [0.1, 0.15) is 12.5 Å². The third-order valence-corrected chi connectivity index (χ3v) is 3.96. The van der Waals surface area contributed by atoms with Crippen LogP contribution in [0.4, 0.5) is 5.82 Å². The van der Waals surface area contributed by atoms with Crippen LogP contribution in [-0.2, 0) is 0 Å². The number of β-amino-alcohol motifs (C(OH)–C–C–N with tert-alkyl or cyclic N) is 1. The molecule has 0 atom stereocenters. The highest BCUT2D eigenvalue weighted by molar-refractivity contribution is 7.18. The van der Waals surface area contributed by atoms with Gasteiger partial charge in [0.1, 0.15) is 12.1 Å². The van der Waals surface area contributed by atoms with Crippen molar-refractivity contribution in [2.45, 2.75) is 19.4 Å². The highest BCUT2D eigenvalue weighted by Crippen LogP contribution is 2.34. The van der Waals surface area contributed by atoms with E-state index in [0.717, 1.165) is 16.0 Å². The Labute approximate surface area is 97.6 Å². The van der Waals surface area contributed by atoms with Gasteiger partial charge in [-0.05, 0) is 24.8 Å². The van der Waals surface area contributed by atoms with Gasteiger partial charge in [-0.1, -0.05) is 0 Å². The summed E-state index contributed by atoms with van der Waals surface area (Å²) in [4.78, 5) is 10.7. The lowest BCUT2D eigenvalue weighted by Crippen LogP contribution is -2.60. The first-order chi connectivity index (χ1) is 7.57. The highest BCUT2D eigenvalue weighted by Gasteiger charge is 2.38. The molecular weight excluding hydrogens is 222 g/mol. The number of fused-ring (bicyclic) bond motifs is 1. The van der Waals surface area contributed by atoms with Crippen LogP contribution in [0.3, 0.4) is 0 Å². The minimum absolute atomic E-state index is 0.566. The molecule has 2 aromatic heterocycles. The van der Waals surface area contributed by atoms with Crippen LogP contribution in [0, 0.1) is 6.92 Å². The molecule has 0 amide bonds. The molecule has 4 nitrogen and oxygen atoms in total. The van der Waals surface area contributed by atoms with Gasteiger partial charge in [0.15, 0.2) is 0 Å². The van der Waals surface area contributed by atoms with Crippen molar-refractivity contribution in [3.63, 3.8) is 0 Å². The number of rotatable bonds is 1. The van der Waals surface area contributed by atoms with Gasteiger partial charge < -0.3 is 10.0 Å². The molecule has 1 aliphatic heterocycles. The molecule has 0 radical (unpaired) electrons. The summed E-state index contributed by atoms with van der Waals surface area (Å²) in [6, 6.07) is 0. The van der Waals surface area contributed by atoms with Crippen molar-refractivity contribution < 1.29 is 5.11 Å². The Morgan fingerprint density at radius 1 is 1.44 bits per heavy atom. The van der Waals surface area contributed by atoms with Crippen LogP contribution >= 0.6 is 11.3 Å². The molecule has 0 aliphatic carbocycles. The summed E-state index contributed by atoms with van der Waals surface area (Å²) in [5.74, 6) is 0.953. The molecule has 16 heavy (non-hydrogen) atoms. The SMILES string of the molecule is Cc1csc2c(N3CC(C)(O)C3)ncnc12. The molecule has 1 aliphatic rings. The molecule has 0 spiro atoms. The first-order valence-corrected chi connectivity index (χ1v) is 6.11. The first kappa shape index (κ1) is 9.99. The fourth-order valence-corrected chi connectivity index (χ4v) is 3.13. The van der Waals surface area contributed by atoms with Crippen molar-refractivity contribution in [2.24, 2.45) is 0 Å². The average molecular weight is 235 g/mol. The predicted molar refractivity (Wildman–Crippen MR) is 65.0 cm³/mol. The van der Waals surface area contributed by atoms with Gasteiger partial charge in [0.05, 0.1) is 15.8 Å². The summed E-state index contributed by atoms with van der Waals surface area (Å²) in [5, 5.41) is 11.8. The van der Waals surface area contributed by atoms with Crippen molar-refractivity contribution in [1.29, 1.82) is 0 Å². The van der Waals surface area contributed by atoms with Crippen LogP contribution in [0.25, 0.3) is 10.2 Å². The normalized spacial score (nSPS) is 18.8. The molecule has 0 bridgehead atoms. The third kappa shape index (κ3) is 1.39. The van der Waals surface area contributed by atoms with E-state index in [-0.39, 0.29) is 0 Å². The van der Waals surface area contributed by atoms with Crippen molar-refractivity contribution in [3.8, 4) is 0 Å². The maximum Gasteiger partial charge on any atom is 0.150 e. The molecule has 1 fully saturated rings. The van der Waals surface area contributed by atoms with E-state index in [0.29, 0.717) is 13.1 Å². The van der Waals surface area contributed by atoms with Crippen LogP contribution in [0.2, 0.25) is 0 Å². The van der Waals surface area contributed by atoms with E-state index >= 15 is 0 Å². The van der Waals surface area contributed by atoms with Gasteiger partial charge in [-0.25, -0.2) is 9.97 Å². The summed E-state index contributed by atoms with van der Waals surface area (Å²) in [6.45, 7) is 5.20. The standard InChI is InChI=1S/C11H13N3OS/c1-7-3-16-9-8(7)12-6-13-10(9)14-4-11(2,15)5-14/h3,6,15H,4-5H2,1-2H3. The number of hydrogen-bond donors (Lipinski definition) is 1. The number of aryl methyl sites for hydroxylation is 1. The minimum atomic E-state index is -0.566. The molecule has 0 aromatic carbocycles. The van der Waals surface area contributed by atoms with E-state index in [2.05, 4.69) is 27.2 Å². The molecule has 0 saturated carbocycles. The van der Waals surface area contributed by atoms with Crippen molar-refractivity contribution in [2.75, 3.05) is 18.0 Å². The second-order valence-corrected chi connectivity index (χ2v) is 5.53. The van der Waals surface area contributed by atoms with Gasteiger partial charge in [-0.2, -0.15) is 0 Å². The molecule has 0 unspecified atom stereocenters. The lowest BCUT2D eigenvalue weighted by molar-refractivity contribution is 0.0307. The maximum absolute atomic E-state index is 9.74. The van der Waals surface area contributed by atoms with E-state index < -0.39 is 5.60 Å². The monoisotopic (exact) mass is 235 g/mol. The van der Waals surface area contributed by atoms with E-state index in [1.165, 1.54) is 5.56 Å². The number of aromatic nitrogens is 2. The summed E-state index contributed by atoms with van der Waals surface area (Å²) in [5.41, 5.74) is 1.65. The maximum atomic E-state index is 9.74. The molecule has 5 heteroatoms. The largest absolute Gasteiger partial charge is 0.386 e. The lowest BCUT2D eigenvalue weighted by atomic mass is 9.97. The Kier molecular flexibility index (Phi) is 1.96. The number of thiophene rings is 1. The molecule has 3 heterocycles. The van der Waals surface area contributed by atoms with Gasteiger partial charge >= 0.3 is 0 Å². The Bertz CT molecular complexity index is 541. The smallest absolute Gasteiger partial charge is 0.150 e. The Morgan fingerprint density at radius 3 is 2.88 bits per heavy atom. The number of anilines is 1. The summed E-state index contributed by atoms with van der Waals surface area (Å²) in [7, 11) is 0. The average Bonchev–Trinajstić information content (AvgIpc) is 2.57. The molecule has 1 N–H and O–H groups in total. The van der Waals surface area contributed by atoms with Gasteiger partial charge in [-0.3, -0.25) is 0 Å². The topological polar surface area (TPSA) is 49.2 Å². The van der Waals surface area contributed by atoms with Gasteiger partial charge in [0, 0.05) is 13.1 Å². The number of aliphatic hydroxyl groups is 1. The summed E-state index contributed by atoms with van der Waals surface area (Å²) >= 11 is 1.67. The van der Waals surface area contributed by atoms with Crippen molar-refractivity contribution >= 4 is 27.4 Å². The fraction of sp³-hybridized carbons (Fsp3) is 0.455. The lowest BCUT2D eigenvalue weighted by Gasteiger charge is -2.44. The Balaban J connectivity index is 2.05. The summed E-state index contributed by atoms with van der Waals surface area (Å²) < 4.78 is 1.12. The fourth-order valence-electron chi connectivity index (χ4n) is 2.11. The zero-order valence-corrected chi connectivity index (χ0v) is 10.1. The van der Waals surface area contributed by atoms with E-state index in [1.807, 2.05) is 6.92 Å². The quantitative estimate of drug-likeness (QED) is 0.815. The second kappa shape index (κ2) is 3.15. The zero-order chi connectivity index (χ0) is 11.3. The first-order valence-electron chi connectivity index (χ1n) is 5.23. The van der Waals surface area contributed by atoms with Crippen LogP contribution in [-0.4, -0.2) is 33.8 Å². The third-order valence-electron chi connectivity index (χ3n) is 2.87. The van der Waals surface area contributed by atoms with Gasteiger partial charge in [-0.15, -0.1) is 11.3 Å². The molecule has 2 aromatic rings. The van der Waals surface area contributed by atoms with Crippen LogP contribution in [0.5, 0.6) is 0 Å². The minimum Gasteiger partial charge on any atom is -0.386 e. The van der Waals surface area contributed by atoms with Gasteiger partial charge in [0.2, 0.25) is 0 Å². The number of hydrogen-bond acceptors (Lipinski definition) is 5. The van der Waals surface area contributed by atoms with Gasteiger partial charge in [0.25, 0.3) is 0 Å².